The van der Waals surface area contributed by atoms with Gasteiger partial charge in [0, 0.05) is 30.4 Å². The van der Waals surface area contributed by atoms with E-state index in [1.165, 1.54) is 18.2 Å². The Morgan fingerprint density at radius 1 is 1.09 bits per heavy atom. The van der Waals surface area contributed by atoms with E-state index >= 15 is 0 Å². The van der Waals surface area contributed by atoms with Crippen molar-refractivity contribution in [3.8, 4) is 22.6 Å². The number of carbonyl (C=O) groups is 1. The maximum atomic E-state index is 13.0. The van der Waals surface area contributed by atoms with Crippen LogP contribution in [0.1, 0.15) is 21.5 Å². The summed E-state index contributed by atoms with van der Waals surface area (Å²) in [4.78, 5) is 17.1. The quantitative estimate of drug-likeness (QED) is 0.417. The molecule has 2 aromatic carbocycles. The molecule has 0 amide bonds. The lowest BCUT2D eigenvalue weighted by Crippen LogP contribution is -2.04. The SMILES string of the molecule is Cn1cc(/C=C2\Oc3cccc(O)c3C2=O)c2c(-c3ccc(C(F)(F)F)cc3)ccnc21. The second kappa shape index (κ2) is 6.98. The number of pyridine rings is 1. The lowest BCUT2D eigenvalue weighted by Gasteiger charge is -2.09. The lowest BCUT2D eigenvalue weighted by atomic mass is 9.99. The summed E-state index contributed by atoms with van der Waals surface area (Å²) in [5, 5.41) is 10.7. The highest BCUT2D eigenvalue weighted by molar-refractivity contribution is 6.17. The maximum absolute atomic E-state index is 13.0. The van der Waals surface area contributed by atoms with Crippen LogP contribution in [0.2, 0.25) is 0 Å². The number of fused-ring (bicyclic) bond motifs is 2. The topological polar surface area (TPSA) is 64.3 Å². The molecule has 0 spiro atoms. The van der Waals surface area contributed by atoms with Crippen molar-refractivity contribution in [3.05, 3.63) is 83.4 Å². The Labute approximate surface area is 180 Å². The molecular weight excluding hydrogens is 421 g/mol. The predicted octanol–water partition coefficient (Wildman–Crippen LogP) is 5.58. The fraction of sp³-hybridized carbons (Fsp3) is 0.0833. The Morgan fingerprint density at radius 3 is 2.53 bits per heavy atom. The van der Waals surface area contributed by atoms with Gasteiger partial charge in [-0.1, -0.05) is 18.2 Å². The highest BCUT2D eigenvalue weighted by atomic mass is 19.4. The second-order valence-electron chi connectivity index (χ2n) is 7.42. The third kappa shape index (κ3) is 3.11. The zero-order valence-corrected chi connectivity index (χ0v) is 16.6. The number of Topliss-reactive ketones (excluding diaryl/α,β-unsaturated/α-hetero) is 1. The van der Waals surface area contributed by atoms with Crippen LogP contribution in [0, 0.1) is 0 Å². The summed E-state index contributed by atoms with van der Waals surface area (Å²) in [6.07, 6.45) is 0.476. The molecule has 8 heteroatoms. The van der Waals surface area contributed by atoms with Gasteiger partial charge in [0.2, 0.25) is 5.78 Å². The number of rotatable bonds is 2. The van der Waals surface area contributed by atoms with E-state index in [4.69, 9.17) is 4.74 Å². The van der Waals surface area contributed by atoms with E-state index in [-0.39, 0.29) is 22.8 Å². The summed E-state index contributed by atoms with van der Waals surface area (Å²) < 4.78 is 46.3. The minimum absolute atomic E-state index is 0.0382. The van der Waals surface area contributed by atoms with Gasteiger partial charge in [0.05, 0.1) is 5.56 Å². The van der Waals surface area contributed by atoms with Crippen molar-refractivity contribution in [2.45, 2.75) is 6.18 Å². The van der Waals surface area contributed by atoms with Gasteiger partial charge in [-0.3, -0.25) is 4.79 Å². The van der Waals surface area contributed by atoms with Crippen LogP contribution in [0.3, 0.4) is 0 Å². The van der Waals surface area contributed by atoms with Gasteiger partial charge in [-0.15, -0.1) is 0 Å². The van der Waals surface area contributed by atoms with Crippen LogP contribution in [0.15, 0.2) is 66.7 Å². The summed E-state index contributed by atoms with van der Waals surface area (Å²) in [5.74, 6) is -0.310. The van der Waals surface area contributed by atoms with Gasteiger partial charge >= 0.3 is 6.18 Å². The average Bonchev–Trinajstić information content (AvgIpc) is 3.25. The van der Waals surface area contributed by atoms with Crippen molar-refractivity contribution in [2.75, 3.05) is 0 Å². The zero-order chi connectivity index (χ0) is 22.6. The van der Waals surface area contributed by atoms with Crippen LogP contribution in [0.4, 0.5) is 13.2 Å². The van der Waals surface area contributed by atoms with Crippen molar-refractivity contribution in [1.29, 1.82) is 0 Å². The Bertz CT molecular complexity index is 1420. The third-order valence-corrected chi connectivity index (χ3v) is 5.37. The Kier molecular flexibility index (Phi) is 4.33. The van der Waals surface area contributed by atoms with Crippen molar-refractivity contribution in [1.82, 2.24) is 9.55 Å². The maximum Gasteiger partial charge on any atom is 0.416 e. The summed E-state index contributed by atoms with van der Waals surface area (Å²) >= 11 is 0. The van der Waals surface area contributed by atoms with Gasteiger partial charge in [0.1, 0.15) is 22.7 Å². The first-order valence-electron chi connectivity index (χ1n) is 9.62. The molecule has 0 unspecified atom stereocenters. The molecule has 0 radical (unpaired) electrons. The largest absolute Gasteiger partial charge is 0.507 e. The first-order valence-corrected chi connectivity index (χ1v) is 9.62. The molecule has 3 heterocycles. The highest BCUT2D eigenvalue weighted by Crippen LogP contribution is 2.39. The molecular formula is C24H15F3N2O3. The van der Waals surface area contributed by atoms with Crippen LogP contribution in [-0.2, 0) is 13.2 Å². The van der Waals surface area contributed by atoms with Crippen molar-refractivity contribution >= 4 is 22.9 Å². The smallest absolute Gasteiger partial charge is 0.416 e. The number of hydrogen-bond acceptors (Lipinski definition) is 4. The standard InChI is InChI=1S/C24H15F3N2O3/c1-29-12-14(11-19-22(31)21-17(30)3-2-4-18(21)32-19)20-16(9-10-28-23(20)29)13-5-7-15(8-6-13)24(25,26)27/h2-12,30H,1H3/b19-11-. The number of nitrogens with zero attached hydrogens (tertiary/aromatic N) is 2. The number of ketones is 1. The van der Waals surface area contributed by atoms with E-state index < -0.39 is 17.5 Å². The summed E-state index contributed by atoms with van der Waals surface area (Å²) in [7, 11) is 1.78. The molecule has 1 N–H and O–H groups in total. The highest BCUT2D eigenvalue weighted by Gasteiger charge is 2.31. The van der Waals surface area contributed by atoms with Gasteiger partial charge in [-0.2, -0.15) is 13.2 Å². The van der Waals surface area contributed by atoms with Gasteiger partial charge in [-0.05, 0) is 47.5 Å². The first-order chi connectivity index (χ1) is 15.2. The van der Waals surface area contributed by atoms with Crippen LogP contribution in [0.25, 0.3) is 28.2 Å². The Hall–Kier alpha value is -4.07. The van der Waals surface area contributed by atoms with Gasteiger partial charge < -0.3 is 14.4 Å². The Balaban J connectivity index is 1.64. The summed E-state index contributed by atoms with van der Waals surface area (Å²) in [6.45, 7) is 0. The molecule has 0 saturated heterocycles. The number of hydrogen-bond donors (Lipinski definition) is 1. The number of allylic oxidation sites excluding steroid dienone is 1. The van der Waals surface area contributed by atoms with Gasteiger partial charge in [0.25, 0.3) is 0 Å². The molecule has 5 rings (SSSR count). The monoisotopic (exact) mass is 436 g/mol. The van der Waals surface area contributed by atoms with E-state index in [9.17, 15) is 23.1 Å². The number of carbonyl (C=O) groups excluding carboxylic acids is 1. The van der Waals surface area contributed by atoms with Crippen LogP contribution in [0.5, 0.6) is 11.5 Å². The number of aryl methyl sites for hydroxylation is 1. The normalized spacial score (nSPS) is 14.8. The molecule has 0 fully saturated rings. The molecule has 0 aliphatic carbocycles. The van der Waals surface area contributed by atoms with Crippen LogP contribution in [-0.4, -0.2) is 20.4 Å². The van der Waals surface area contributed by atoms with E-state index in [0.717, 1.165) is 12.1 Å². The minimum Gasteiger partial charge on any atom is -0.507 e. The fourth-order valence-electron chi connectivity index (χ4n) is 3.88. The average molecular weight is 436 g/mol. The van der Waals surface area contributed by atoms with Crippen LogP contribution < -0.4 is 4.74 Å². The predicted molar refractivity (Wildman–Crippen MR) is 112 cm³/mol. The first kappa shape index (κ1) is 19.9. The minimum atomic E-state index is -4.42. The zero-order valence-electron chi connectivity index (χ0n) is 16.6. The van der Waals surface area contributed by atoms with Crippen LogP contribution >= 0.6 is 0 Å². The fourth-order valence-corrected chi connectivity index (χ4v) is 3.88. The molecule has 2 aromatic heterocycles. The lowest BCUT2D eigenvalue weighted by molar-refractivity contribution is -0.137. The van der Waals surface area contributed by atoms with Gasteiger partial charge in [0.15, 0.2) is 5.76 Å². The molecule has 0 bridgehead atoms. The summed E-state index contributed by atoms with van der Waals surface area (Å²) in [5.41, 5.74) is 1.82. The molecule has 32 heavy (non-hydrogen) atoms. The molecule has 1 aliphatic rings. The van der Waals surface area contributed by atoms with Crippen molar-refractivity contribution in [2.24, 2.45) is 7.05 Å². The number of aromatic nitrogens is 2. The number of phenols is 1. The number of aromatic hydroxyl groups is 1. The number of alkyl halides is 3. The molecule has 4 aromatic rings. The molecule has 0 atom stereocenters. The molecule has 1 aliphatic heterocycles. The number of ether oxygens (including phenoxy) is 1. The Morgan fingerprint density at radius 2 is 1.84 bits per heavy atom. The van der Waals surface area contributed by atoms with E-state index in [1.807, 2.05) is 0 Å². The summed E-state index contributed by atoms with van der Waals surface area (Å²) in [6, 6.07) is 11.2. The molecule has 5 nitrogen and oxygen atoms in total. The number of benzene rings is 2. The van der Waals surface area contributed by atoms with E-state index in [2.05, 4.69) is 4.98 Å². The van der Waals surface area contributed by atoms with Gasteiger partial charge in [-0.25, -0.2) is 4.98 Å². The van der Waals surface area contributed by atoms with Crippen molar-refractivity contribution < 1.29 is 27.8 Å². The second-order valence-corrected chi connectivity index (χ2v) is 7.42. The number of halogens is 3. The molecule has 160 valence electrons. The number of phenolic OH excluding ortho intramolecular Hbond substituents is 1. The third-order valence-electron chi connectivity index (χ3n) is 5.37. The van der Waals surface area contributed by atoms with Crippen molar-refractivity contribution in [3.63, 3.8) is 0 Å². The van der Waals surface area contributed by atoms with E-state index in [1.54, 1.807) is 48.3 Å². The molecule has 0 saturated carbocycles. The van der Waals surface area contributed by atoms with E-state index in [0.29, 0.717) is 27.7 Å².